The number of nitrogens with zero attached hydrogens (tertiary/aromatic N) is 1. The predicted molar refractivity (Wildman–Crippen MR) is 88.8 cm³/mol. The Labute approximate surface area is 129 Å². The lowest BCUT2D eigenvalue weighted by Gasteiger charge is -2.30. The average molecular weight is 290 g/mol. The van der Waals surface area contributed by atoms with Crippen LogP contribution >= 0.6 is 0 Å². The van der Waals surface area contributed by atoms with Crippen LogP contribution in [0.4, 0.5) is 0 Å². The molecule has 3 nitrogen and oxygen atoms in total. The van der Waals surface area contributed by atoms with Gasteiger partial charge in [0.05, 0.1) is 6.61 Å². The highest BCUT2D eigenvalue weighted by Crippen LogP contribution is 2.22. The van der Waals surface area contributed by atoms with Crippen LogP contribution in [0.1, 0.15) is 38.7 Å². The Morgan fingerprint density at radius 3 is 2.67 bits per heavy atom. The summed E-state index contributed by atoms with van der Waals surface area (Å²) in [5.41, 5.74) is 1.32. The fourth-order valence-electron chi connectivity index (χ4n) is 3.15. The Kier molecular flexibility index (Phi) is 7.04. The number of hydrogen-bond acceptors (Lipinski definition) is 3. The van der Waals surface area contributed by atoms with Crippen molar-refractivity contribution < 1.29 is 4.74 Å². The third-order valence-electron chi connectivity index (χ3n) is 4.18. The second kappa shape index (κ2) is 9.06. The normalized spacial score (nSPS) is 16.3. The zero-order valence-electron chi connectivity index (χ0n) is 13.6. The first-order chi connectivity index (χ1) is 10.3. The molecule has 1 fully saturated rings. The maximum absolute atomic E-state index is 5.77. The molecule has 1 heterocycles. The molecule has 1 N–H and O–H groups in total. The van der Waals surface area contributed by atoms with Gasteiger partial charge in [0.15, 0.2) is 0 Å². The van der Waals surface area contributed by atoms with Crippen LogP contribution in [-0.4, -0.2) is 37.7 Å². The molecule has 2 rings (SSSR count). The zero-order chi connectivity index (χ0) is 14.9. The van der Waals surface area contributed by atoms with Crippen molar-refractivity contribution in [2.75, 3.05) is 32.8 Å². The van der Waals surface area contributed by atoms with Crippen molar-refractivity contribution >= 4 is 0 Å². The van der Waals surface area contributed by atoms with E-state index in [1.165, 1.54) is 51.0 Å². The Bertz CT molecular complexity index is 402. The topological polar surface area (TPSA) is 24.5 Å². The fraction of sp³-hybridized carbons (Fsp3) is 0.667. The van der Waals surface area contributed by atoms with Crippen LogP contribution in [0.2, 0.25) is 0 Å². The maximum atomic E-state index is 5.77. The molecule has 0 aromatic heterocycles. The summed E-state index contributed by atoms with van der Waals surface area (Å²) in [7, 11) is 0. The van der Waals surface area contributed by atoms with Gasteiger partial charge in [-0.05, 0) is 57.8 Å². The molecule has 21 heavy (non-hydrogen) atoms. The van der Waals surface area contributed by atoms with E-state index in [0.717, 1.165) is 24.8 Å². The SMILES string of the molecule is CCCN(Cc1ccccc1OCC)CC1CCNCC1. The molecule has 0 atom stereocenters. The highest BCUT2D eigenvalue weighted by Gasteiger charge is 2.17. The van der Waals surface area contributed by atoms with E-state index in [-0.39, 0.29) is 0 Å². The molecular formula is C18H30N2O. The zero-order valence-corrected chi connectivity index (χ0v) is 13.6. The molecule has 0 saturated carbocycles. The minimum Gasteiger partial charge on any atom is -0.494 e. The summed E-state index contributed by atoms with van der Waals surface area (Å²) in [5.74, 6) is 1.89. The third-order valence-corrected chi connectivity index (χ3v) is 4.18. The lowest BCUT2D eigenvalue weighted by Crippen LogP contribution is -2.36. The number of benzene rings is 1. The first kappa shape index (κ1) is 16.3. The number of para-hydroxylation sites is 1. The Morgan fingerprint density at radius 2 is 1.95 bits per heavy atom. The molecule has 1 saturated heterocycles. The fourth-order valence-corrected chi connectivity index (χ4v) is 3.15. The van der Waals surface area contributed by atoms with Crippen LogP contribution in [-0.2, 0) is 6.54 Å². The van der Waals surface area contributed by atoms with Gasteiger partial charge in [-0.2, -0.15) is 0 Å². The number of hydrogen-bond donors (Lipinski definition) is 1. The standard InChI is InChI=1S/C18H30N2O/c1-3-13-20(14-16-9-11-19-12-10-16)15-17-7-5-6-8-18(17)21-4-2/h5-8,16,19H,3-4,9-15H2,1-2H3. The molecule has 0 amide bonds. The molecule has 118 valence electrons. The number of piperidine rings is 1. The van der Waals surface area contributed by atoms with Crippen molar-refractivity contribution in [2.45, 2.75) is 39.7 Å². The van der Waals surface area contributed by atoms with E-state index in [0.29, 0.717) is 0 Å². The molecule has 0 unspecified atom stereocenters. The van der Waals surface area contributed by atoms with Gasteiger partial charge in [0, 0.05) is 18.7 Å². The molecule has 0 aliphatic carbocycles. The van der Waals surface area contributed by atoms with Crippen molar-refractivity contribution in [2.24, 2.45) is 5.92 Å². The van der Waals surface area contributed by atoms with Crippen LogP contribution in [0.3, 0.4) is 0 Å². The molecule has 0 bridgehead atoms. The Hall–Kier alpha value is -1.06. The van der Waals surface area contributed by atoms with Crippen LogP contribution in [0, 0.1) is 5.92 Å². The molecule has 0 radical (unpaired) electrons. The highest BCUT2D eigenvalue weighted by molar-refractivity contribution is 5.33. The maximum Gasteiger partial charge on any atom is 0.123 e. The summed E-state index contributed by atoms with van der Waals surface area (Å²) in [5, 5.41) is 3.46. The van der Waals surface area contributed by atoms with E-state index < -0.39 is 0 Å². The van der Waals surface area contributed by atoms with Gasteiger partial charge in [0.25, 0.3) is 0 Å². The lowest BCUT2D eigenvalue weighted by molar-refractivity contribution is 0.196. The van der Waals surface area contributed by atoms with Gasteiger partial charge < -0.3 is 10.1 Å². The largest absolute Gasteiger partial charge is 0.494 e. The minimum absolute atomic E-state index is 0.735. The quantitative estimate of drug-likeness (QED) is 0.795. The molecule has 1 aliphatic rings. The van der Waals surface area contributed by atoms with Crippen LogP contribution in [0.25, 0.3) is 0 Å². The Balaban J connectivity index is 1.97. The van der Waals surface area contributed by atoms with Crippen molar-refractivity contribution in [1.82, 2.24) is 10.2 Å². The van der Waals surface area contributed by atoms with E-state index in [4.69, 9.17) is 4.74 Å². The summed E-state index contributed by atoms with van der Waals surface area (Å²) in [4.78, 5) is 2.60. The molecule has 0 spiro atoms. The van der Waals surface area contributed by atoms with Crippen LogP contribution < -0.4 is 10.1 Å². The van der Waals surface area contributed by atoms with Gasteiger partial charge >= 0.3 is 0 Å². The molecule has 1 aromatic carbocycles. The molecular weight excluding hydrogens is 260 g/mol. The number of rotatable bonds is 8. The summed E-state index contributed by atoms with van der Waals surface area (Å²) in [6.07, 6.45) is 3.84. The van der Waals surface area contributed by atoms with Crippen molar-refractivity contribution in [1.29, 1.82) is 0 Å². The van der Waals surface area contributed by atoms with E-state index in [1.54, 1.807) is 0 Å². The van der Waals surface area contributed by atoms with E-state index in [9.17, 15) is 0 Å². The monoisotopic (exact) mass is 290 g/mol. The second-order valence-corrected chi connectivity index (χ2v) is 5.97. The predicted octanol–water partition coefficient (Wildman–Crippen LogP) is 3.30. The van der Waals surface area contributed by atoms with E-state index in [1.807, 2.05) is 0 Å². The lowest BCUT2D eigenvalue weighted by atomic mass is 9.97. The van der Waals surface area contributed by atoms with Gasteiger partial charge in [-0.15, -0.1) is 0 Å². The van der Waals surface area contributed by atoms with Gasteiger partial charge in [0.2, 0.25) is 0 Å². The van der Waals surface area contributed by atoms with E-state index in [2.05, 4.69) is 48.3 Å². The summed E-state index contributed by atoms with van der Waals surface area (Å²) < 4.78 is 5.77. The first-order valence-corrected chi connectivity index (χ1v) is 8.47. The molecule has 1 aromatic rings. The van der Waals surface area contributed by atoms with E-state index >= 15 is 0 Å². The summed E-state index contributed by atoms with van der Waals surface area (Å²) in [6.45, 7) is 10.8. The van der Waals surface area contributed by atoms with Crippen molar-refractivity contribution in [3.63, 3.8) is 0 Å². The first-order valence-electron chi connectivity index (χ1n) is 8.47. The summed E-state index contributed by atoms with van der Waals surface area (Å²) in [6, 6.07) is 8.47. The molecule has 1 aliphatic heterocycles. The van der Waals surface area contributed by atoms with Gasteiger partial charge in [-0.3, -0.25) is 4.90 Å². The minimum atomic E-state index is 0.735. The highest BCUT2D eigenvalue weighted by atomic mass is 16.5. The van der Waals surface area contributed by atoms with Gasteiger partial charge in [0.1, 0.15) is 5.75 Å². The number of ether oxygens (including phenoxy) is 1. The Morgan fingerprint density at radius 1 is 1.19 bits per heavy atom. The molecule has 3 heteroatoms. The van der Waals surface area contributed by atoms with Crippen LogP contribution in [0.15, 0.2) is 24.3 Å². The second-order valence-electron chi connectivity index (χ2n) is 5.97. The smallest absolute Gasteiger partial charge is 0.123 e. The van der Waals surface area contributed by atoms with Crippen molar-refractivity contribution in [3.05, 3.63) is 29.8 Å². The van der Waals surface area contributed by atoms with Crippen LogP contribution in [0.5, 0.6) is 5.75 Å². The summed E-state index contributed by atoms with van der Waals surface area (Å²) >= 11 is 0. The third kappa shape index (κ3) is 5.33. The van der Waals surface area contributed by atoms with Gasteiger partial charge in [-0.25, -0.2) is 0 Å². The van der Waals surface area contributed by atoms with Crippen molar-refractivity contribution in [3.8, 4) is 5.75 Å². The number of nitrogens with one attached hydrogen (secondary N) is 1. The van der Waals surface area contributed by atoms with Gasteiger partial charge in [-0.1, -0.05) is 25.1 Å². The average Bonchev–Trinajstić information content (AvgIpc) is 2.51.